The molecule has 14 heavy (non-hydrogen) atoms. The van der Waals surface area contributed by atoms with Crippen molar-refractivity contribution in [3.8, 4) is 0 Å². The van der Waals surface area contributed by atoms with E-state index in [4.69, 9.17) is 5.11 Å². The first-order valence-corrected chi connectivity index (χ1v) is 5.42. The number of carboxylic acids is 1. The van der Waals surface area contributed by atoms with Gasteiger partial charge in [-0.1, -0.05) is 0 Å². The second kappa shape index (κ2) is 4.68. The summed E-state index contributed by atoms with van der Waals surface area (Å²) in [5.74, 6) is -1.59. The zero-order chi connectivity index (χ0) is 10.7. The molecule has 0 bridgehead atoms. The van der Waals surface area contributed by atoms with E-state index in [-0.39, 0.29) is 0 Å². The van der Waals surface area contributed by atoms with Gasteiger partial charge in [-0.3, -0.25) is 9.59 Å². The van der Waals surface area contributed by atoms with E-state index in [1.165, 1.54) is 18.4 Å². The molecule has 1 aromatic heterocycles. The Morgan fingerprint density at radius 3 is 2.64 bits per heavy atom. The number of ketones is 1. The lowest BCUT2D eigenvalue weighted by Gasteiger charge is -2.07. The number of halogens is 1. The molecule has 0 radical (unpaired) electrons. The molecule has 0 aromatic carbocycles. The molecule has 1 heterocycles. The second-order valence-corrected chi connectivity index (χ2v) is 4.38. The lowest BCUT2D eigenvalue weighted by Crippen LogP contribution is -2.40. The molecule has 0 aliphatic carbocycles. The normalized spacial score (nSPS) is 12.4. The van der Waals surface area contributed by atoms with E-state index in [1.807, 2.05) is 0 Å². The summed E-state index contributed by atoms with van der Waals surface area (Å²) < 4.78 is 0.783. The topological polar surface area (TPSA) is 66.4 Å². The number of carboxylic acid groups (broad SMARTS) is 1. The van der Waals surface area contributed by atoms with E-state index < -0.39 is 17.8 Å². The van der Waals surface area contributed by atoms with E-state index >= 15 is 0 Å². The maximum absolute atomic E-state index is 11.6. The van der Waals surface area contributed by atoms with Crippen molar-refractivity contribution in [3.63, 3.8) is 0 Å². The third-order valence-electron chi connectivity index (χ3n) is 1.61. The summed E-state index contributed by atoms with van der Waals surface area (Å²) in [6, 6.07) is 0.445. The van der Waals surface area contributed by atoms with E-state index in [0.717, 1.165) is 4.47 Å². The maximum Gasteiger partial charge on any atom is 0.328 e. The molecule has 76 valence electrons. The summed E-state index contributed by atoms with van der Waals surface area (Å²) in [6.45, 7) is 0. The molecule has 0 saturated heterocycles. The number of likely N-dealkylation sites (N-methyl/N-ethyl adjacent to an activating group) is 1. The number of nitrogens with one attached hydrogen (secondary N) is 1. The molecule has 2 N–H and O–H groups in total. The Kier molecular flexibility index (Phi) is 3.79. The van der Waals surface area contributed by atoms with Gasteiger partial charge >= 0.3 is 5.97 Å². The monoisotopic (exact) mass is 277 g/mol. The number of Topliss-reactive ketones (excluding diaryl/α,β-unsaturated/α-hetero) is 1. The number of aliphatic carboxylic acids is 1. The Hall–Kier alpha value is -0.720. The molecular weight excluding hydrogens is 270 g/mol. The van der Waals surface area contributed by atoms with Crippen LogP contribution in [-0.2, 0) is 4.79 Å². The molecule has 1 unspecified atom stereocenters. The van der Waals surface area contributed by atoms with E-state index in [1.54, 1.807) is 11.4 Å². The standard InChI is InChI=1S/C8H8BrNO3S/c1-10-6(8(12)13)7(11)5-2-4(9)3-14-5/h2-3,6,10H,1H3,(H,12,13). The van der Waals surface area contributed by atoms with Crippen molar-refractivity contribution in [1.29, 1.82) is 0 Å². The Labute approximate surface area is 93.1 Å². The van der Waals surface area contributed by atoms with Gasteiger partial charge in [0.25, 0.3) is 0 Å². The SMILES string of the molecule is CNC(C(=O)O)C(=O)c1cc(Br)cs1. The van der Waals surface area contributed by atoms with Crippen molar-refractivity contribution >= 4 is 39.0 Å². The van der Waals surface area contributed by atoms with Crippen LogP contribution in [0.15, 0.2) is 15.9 Å². The minimum atomic E-state index is -1.17. The van der Waals surface area contributed by atoms with Crippen LogP contribution in [0.25, 0.3) is 0 Å². The summed E-state index contributed by atoms with van der Waals surface area (Å²) in [6.07, 6.45) is 0. The molecule has 0 aliphatic rings. The number of thiophene rings is 1. The Balaban J connectivity index is 2.88. The molecule has 4 nitrogen and oxygen atoms in total. The quantitative estimate of drug-likeness (QED) is 0.644. The summed E-state index contributed by atoms with van der Waals surface area (Å²) in [7, 11) is 1.44. The smallest absolute Gasteiger partial charge is 0.328 e. The van der Waals surface area contributed by atoms with Crippen molar-refractivity contribution in [1.82, 2.24) is 5.32 Å². The molecule has 0 fully saturated rings. The van der Waals surface area contributed by atoms with Gasteiger partial charge in [-0.2, -0.15) is 0 Å². The number of hydrogen-bond acceptors (Lipinski definition) is 4. The fourth-order valence-electron chi connectivity index (χ4n) is 0.951. The van der Waals surface area contributed by atoms with Gasteiger partial charge in [-0.15, -0.1) is 11.3 Å². The van der Waals surface area contributed by atoms with Crippen LogP contribution in [0.5, 0.6) is 0 Å². The van der Waals surface area contributed by atoms with Gasteiger partial charge in [-0.25, -0.2) is 0 Å². The third kappa shape index (κ3) is 2.40. The van der Waals surface area contributed by atoms with Crippen molar-refractivity contribution in [2.75, 3.05) is 7.05 Å². The molecule has 0 spiro atoms. The van der Waals surface area contributed by atoms with Gasteiger partial charge < -0.3 is 10.4 Å². The van der Waals surface area contributed by atoms with Crippen LogP contribution in [0.4, 0.5) is 0 Å². The Bertz CT molecular complexity index is 363. The van der Waals surface area contributed by atoms with Crippen molar-refractivity contribution in [2.24, 2.45) is 0 Å². The van der Waals surface area contributed by atoms with Gasteiger partial charge in [0.05, 0.1) is 4.88 Å². The minimum absolute atomic E-state index is 0.421. The fourth-order valence-corrected chi connectivity index (χ4v) is 2.35. The lowest BCUT2D eigenvalue weighted by atomic mass is 10.1. The summed E-state index contributed by atoms with van der Waals surface area (Å²) >= 11 is 4.42. The molecule has 1 rings (SSSR count). The highest BCUT2D eigenvalue weighted by atomic mass is 79.9. The van der Waals surface area contributed by atoms with Crippen LogP contribution in [0, 0.1) is 0 Å². The fraction of sp³-hybridized carbons (Fsp3) is 0.250. The highest BCUT2D eigenvalue weighted by Gasteiger charge is 2.26. The summed E-state index contributed by atoms with van der Waals surface area (Å²) in [4.78, 5) is 22.7. The highest BCUT2D eigenvalue weighted by Crippen LogP contribution is 2.21. The molecule has 6 heteroatoms. The number of rotatable bonds is 4. The van der Waals surface area contributed by atoms with Crippen LogP contribution in [0.3, 0.4) is 0 Å². The highest BCUT2D eigenvalue weighted by molar-refractivity contribution is 9.10. The first-order chi connectivity index (χ1) is 6.56. The van der Waals surface area contributed by atoms with E-state index in [2.05, 4.69) is 21.2 Å². The summed E-state index contributed by atoms with van der Waals surface area (Å²) in [5, 5.41) is 12.9. The second-order valence-electron chi connectivity index (χ2n) is 2.55. The van der Waals surface area contributed by atoms with Crippen LogP contribution >= 0.6 is 27.3 Å². The van der Waals surface area contributed by atoms with Gasteiger partial charge in [-0.05, 0) is 29.0 Å². The lowest BCUT2D eigenvalue weighted by molar-refractivity contribution is -0.137. The summed E-state index contributed by atoms with van der Waals surface area (Å²) in [5.41, 5.74) is 0. The Morgan fingerprint density at radius 1 is 1.64 bits per heavy atom. The van der Waals surface area contributed by atoms with Crippen molar-refractivity contribution in [3.05, 3.63) is 20.8 Å². The Morgan fingerprint density at radius 2 is 2.29 bits per heavy atom. The maximum atomic E-state index is 11.6. The largest absolute Gasteiger partial charge is 0.480 e. The predicted molar refractivity (Wildman–Crippen MR) is 56.8 cm³/mol. The van der Waals surface area contributed by atoms with Crippen molar-refractivity contribution < 1.29 is 14.7 Å². The van der Waals surface area contributed by atoms with Crippen LogP contribution in [0.1, 0.15) is 9.67 Å². The number of carbonyl (C=O) groups excluding carboxylic acids is 1. The minimum Gasteiger partial charge on any atom is -0.480 e. The molecule has 1 atom stereocenters. The van der Waals surface area contributed by atoms with Gasteiger partial charge in [0.1, 0.15) is 0 Å². The van der Waals surface area contributed by atoms with Gasteiger partial charge in [0, 0.05) is 9.85 Å². The number of carbonyl (C=O) groups is 2. The first-order valence-electron chi connectivity index (χ1n) is 3.74. The molecule has 0 aliphatic heterocycles. The van der Waals surface area contributed by atoms with Crippen LogP contribution in [0.2, 0.25) is 0 Å². The molecule has 1 aromatic rings. The van der Waals surface area contributed by atoms with Gasteiger partial charge in [0.2, 0.25) is 5.78 Å². The predicted octanol–water partition coefficient (Wildman–Crippen LogP) is 1.37. The molecular formula is C8H8BrNO3S. The van der Waals surface area contributed by atoms with Gasteiger partial charge in [0.15, 0.2) is 6.04 Å². The van der Waals surface area contributed by atoms with Crippen LogP contribution < -0.4 is 5.32 Å². The number of hydrogen-bond donors (Lipinski definition) is 2. The molecule has 0 saturated carbocycles. The van der Waals surface area contributed by atoms with E-state index in [9.17, 15) is 9.59 Å². The zero-order valence-electron chi connectivity index (χ0n) is 7.28. The molecule has 0 amide bonds. The van der Waals surface area contributed by atoms with Crippen molar-refractivity contribution in [2.45, 2.75) is 6.04 Å². The first kappa shape index (κ1) is 11.4. The third-order valence-corrected chi connectivity index (χ3v) is 3.31. The average molecular weight is 278 g/mol. The van der Waals surface area contributed by atoms with E-state index in [0.29, 0.717) is 4.88 Å². The zero-order valence-corrected chi connectivity index (χ0v) is 9.68. The average Bonchev–Trinajstić information content (AvgIpc) is 2.52. The van der Waals surface area contributed by atoms with Crippen LogP contribution in [-0.4, -0.2) is 29.9 Å².